The zero-order valence-corrected chi connectivity index (χ0v) is 7.62. The Kier molecular flexibility index (Phi) is 3.57. The van der Waals surface area contributed by atoms with Crippen LogP contribution < -0.4 is 0 Å². The fourth-order valence-corrected chi connectivity index (χ4v) is 2.03. The van der Waals surface area contributed by atoms with Crippen LogP contribution in [0.5, 0.6) is 0 Å². The molecule has 1 rings (SSSR count). The lowest BCUT2D eigenvalue weighted by molar-refractivity contribution is 0.140. The van der Waals surface area contributed by atoms with Crippen LogP contribution in [0.3, 0.4) is 0 Å². The Hall–Kier alpha value is 0.310. The van der Waals surface area contributed by atoms with Crippen molar-refractivity contribution in [1.82, 2.24) is 0 Å². The van der Waals surface area contributed by atoms with Gasteiger partial charge in [-0.1, -0.05) is 13.8 Å². The molecule has 0 amide bonds. The number of ether oxygens (including phenoxy) is 1. The topological polar surface area (TPSA) is 9.23 Å². The van der Waals surface area contributed by atoms with Gasteiger partial charge in [-0.05, 0) is 12.8 Å². The van der Waals surface area contributed by atoms with Crippen LogP contribution in [0.1, 0.15) is 26.7 Å². The van der Waals surface area contributed by atoms with Gasteiger partial charge in [-0.25, -0.2) is 0 Å². The van der Waals surface area contributed by atoms with Crippen molar-refractivity contribution in [2.24, 2.45) is 0 Å². The fourth-order valence-electron chi connectivity index (χ4n) is 1.03. The lowest BCUT2D eigenvalue weighted by atomic mass is 10.3. The summed E-state index contributed by atoms with van der Waals surface area (Å²) < 4.78 is 5.42. The summed E-state index contributed by atoms with van der Waals surface area (Å²) in [5.41, 5.74) is 0. The van der Waals surface area contributed by atoms with Crippen LogP contribution in [0.15, 0.2) is 0 Å². The molecule has 1 fully saturated rings. The van der Waals surface area contributed by atoms with Crippen molar-refractivity contribution in [1.29, 1.82) is 0 Å². The normalized spacial score (nSPS) is 30.6. The molecule has 1 saturated heterocycles. The Morgan fingerprint density at radius 2 is 2.10 bits per heavy atom. The minimum Gasteiger partial charge on any atom is -0.380 e. The molecule has 10 heavy (non-hydrogen) atoms. The molecule has 0 aliphatic carbocycles. The van der Waals surface area contributed by atoms with Crippen molar-refractivity contribution < 1.29 is 4.74 Å². The molecule has 0 aromatic rings. The molecular weight excluding hydrogens is 144 g/mol. The van der Waals surface area contributed by atoms with Gasteiger partial charge in [-0.2, -0.15) is 11.8 Å². The predicted molar refractivity (Wildman–Crippen MR) is 46.6 cm³/mol. The SMILES string of the molecule is CCCOCC1SC1CC. The van der Waals surface area contributed by atoms with E-state index in [4.69, 9.17) is 4.74 Å². The lowest BCUT2D eigenvalue weighted by Gasteiger charge is -1.97. The number of thioether (sulfide) groups is 1. The number of hydrogen-bond acceptors (Lipinski definition) is 2. The van der Waals surface area contributed by atoms with Crippen molar-refractivity contribution in [2.75, 3.05) is 13.2 Å². The van der Waals surface area contributed by atoms with Crippen molar-refractivity contribution in [3.05, 3.63) is 0 Å². The minimum atomic E-state index is 0.830. The molecule has 1 nitrogen and oxygen atoms in total. The van der Waals surface area contributed by atoms with E-state index in [2.05, 4.69) is 25.6 Å². The predicted octanol–water partition coefficient (Wildman–Crippen LogP) is 2.31. The van der Waals surface area contributed by atoms with Gasteiger partial charge in [0.25, 0.3) is 0 Å². The van der Waals surface area contributed by atoms with Crippen LogP contribution in [0.4, 0.5) is 0 Å². The van der Waals surface area contributed by atoms with Crippen LogP contribution in [0, 0.1) is 0 Å². The third-order valence-corrected chi connectivity index (χ3v) is 3.23. The quantitative estimate of drug-likeness (QED) is 0.451. The molecule has 0 aromatic heterocycles. The highest BCUT2D eigenvalue weighted by Crippen LogP contribution is 2.43. The molecule has 2 heteroatoms. The van der Waals surface area contributed by atoms with E-state index in [1.54, 1.807) is 0 Å². The molecule has 0 spiro atoms. The summed E-state index contributed by atoms with van der Waals surface area (Å²) in [4.78, 5) is 0. The summed E-state index contributed by atoms with van der Waals surface area (Å²) >= 11 is 2.06. The second-order valence-electron chi connectivity index (χ2n) is 2.70. The fraction of sp³-hybridized carbons (Fsp3) is 1.00. The van der Waals surface area contributed by atoms with Gasteiger partial charge in [0, 0.05) is 17.1 Å². The Labute approximate surface area is 67.5 Å². The summed E-state index contributed by atoms with van der Waals surface area (Å²) in [6, 6.07) is 0. The number of hydrogen-bond donors (Lipinski definition) is 0. The molecule has 1 heterocycles. The van der Waals surface area contributed by atoms with E-state index >= 15 is 0 Å². The van der Waals surface area contributed by atoms with Gasteiger partial charge >= 0.3 is 0 Å². The van der Waals surface area contributed by atoms with E-state index in [1.165, 1.54) is 6.42 Å². The second-order valence-corrected chi connectivity index (χ2v) is 4.18. The Morgan fingerprint density at radius 3 is 2.60 bits per heavy atom. The molecule has 60 valence electrons. The zero-order chi connectivity index (χ0) is 7.40. The van der Waals surface area contributed by atoms with Crippen molar-refractivity contribution in [3.63, 3.8) is 0 Å². The summed E-state index contributed by atoms with van der Waals surface area (Å²) in [6.07, 6.45) is 2.46. The molecule has 1 aliphatic rings. The summed E-state index contributed by atoms with van der Waals surface area (Å²) in [6.45, 7) is 6.32. The first kappa shape index (κ1) is 8.41. The molecule has 0 radical (unpaired) electrons. The average molecular weight is 160 g/mol. The molecule has 0 bridgehead atoms. The summed E-state index contributed by atoms with van der Waals surface area (Å²) in [7, 11) is 0. The van der Waals surface area contributed by atoms with Crippen LogP contribution >= 0.6 is 11.8 Å². The summed E-state index contributed by atoms with van der Waals surface area (Å²) in [5, 5.41) is 1.74. The Bertz CT molecular complexity index is 95.3. The monoisotopic (exact) mass is 160 g/mol. The van der Waals surface area contributed by atoms with E-state index in [0.29, 0.717) is 0 Å². The average Bonchev–Trinajstić information content (AvgIpc) is 2.68. The maximum absolute atomic E-state index is 5.42. The highest BCUT2D eigenvalue weighted by molar-refractivity contribution is 8.07. The molecule has 0 N–H and O–H groups in total. The van der Waals surface area contributed by atoms with Gasteiger partial charge < -0.3 is 4.74 Å². The van der Waals surface area contributed by atoms with Crippen molar-refractivity contribution in [3.8, 4) is 0 Å². The highest BCUT2D eigenvalue weighted by Gasteiger charge is 2.36. The van der Waals surface area contributed by atoms with Gasteiger partial charge in [0.05, 0.1) is 6.61 Å². The molecule has 2 atom stereocenters. The first-order valence-corrected chi connectivity index (χ1v) is 5.06. The smallest absolute Gasteiger partial charge is 0.0595 e. The first-order chi connectivity index (χ1) is 4.88. The Balaban J connectivity index is 1.87. The molecule has 0 aromatic carbocycles. The van der Waals surface area contributed by atoms with Crippen LogP contribution in [-0.4, -0.2) is 23.7 Å². The largest absolute Gasteiger partial charge is 0.380 e. The third kappa shape index (κ3) is 2.51. The van der Waals surface area contributed by atoms with Gasteiger partial charge in [-0.3, -0.25) is 0 Å². The Morgan fingerprint density at radius 1 is 1.30 bits per heavy atom. The van der Waals surface area contributed by atoms with Crippen molar-refractivity contribution >= 4 is 11.8 Å². The molecule has 0 saturated carbocycles. The van der Waals surface area contributed by atoms with Gasteiger partial charge in [0.15, 0.2) is 0 Å². The van der Waals surface area contributed by atoms with Crippen LogP contribution in [-0.2, 0) is 4.74 Å². The maximum atomic E-state index is 5.42. The molecular formula is C8H16OS. The van der Waals surface area contributed by atoms with Gasteiger partial charge in [0.2, 0.25) is 0 Å². The first-order valence-electron chi connectivity index (χ1n) is 4.11. The standard InChI is InChI=1S/C8H16OS/c1-3-5-9-6-8-7(4-2)10-8/h7-8H,3-6H2,1-2H3. The highest BCUT2D eigenvalue weighted by atomic mass is 32.2. The van der Waals surface area contributed by atoms with Crippen LogP contribution in [0.2, 0.25) is 0 Å². The maximum Gasteiger partial charge on any atom is 0.0595 e. The molecule has 1 aliphatic heterocycles. The third-order valence-electron chi connectivity index (χ3n) is 1.72. The van der Waals surface area contributed by atoms with E-state index in [1.807, 2.05) is 0 Å². The van der Waals surface area contributed by atoms with Crippen LogP contribution in [0.25, 0.3) is 0 Å². The van der Waals surface area contributed by atoms with E-state index in [-0.39, 0.29) is 0 Å². The van der Waals surface area contributed by atoms with E-state index in [9.17, 15) is 0 Å². The zero-order valence-electron chi connectivity index (χ0n) is 6.80. The van der Waals surface area contributed by atoms with Gasteiger partial charge in [-0.15, -0.1) is 0 Å². The van der Waals surface area contributed by atoms with E-state index < -0.39 is 0 Å². The summed E-state index contributed by atoms with van der Waals surface area (Å²) in [5.74, 6) is 0. The minimum absolute atomic E-state index is 0.830. The van der Waals surface area contributed by atoms with Gasteiger partial charge in [0.1, 0.15) is 0 Å². The number of rotatable bonds is 5. The van der Waals surface area contributed by atoms with Crippen molar-refractivity contribution in [2.45, 2.75) is 37.2 Å². The lowest BCUT2D eigenvalue weighted by Crippen LogP contribution is -2.04. The van der Waals surface area contributed by atoms with E-state index in [0.717, 1.165) is 30.1 Å². The molecule has 2 unspecified atom stereocenters. The second kappa shape index (κ2) is 4.24.